The number of benzene rings is 1. The topological polar surface area (TPSA) is 76.4 Å². The number of hydrogen-bond donors (Lipinski definition) is 0. The van der Waals surface area contributed by atoms with Gasteiger partial charge in [-0.05, 0) is 62.7 Å². The Bertz CT molecular complexity index is 920. The minimum Gasteiger partial charge on any atom is -0.457 e. The van der Waals surface area contributed by atoms with Crippen LogP contribution in [-0.4, -0.2) is 17.5 Å². The number of allylic oxidation sites excluding steroid dienone is 1. The summed E-state index contributed by atoms with van der Waals surface area (Å²) in [7, 11) is 0. The molecule has 0 heterocycles. The molecule has 0 bridgehead atoms. The zero-order valence-electron chi connectivity index (χ0n) is 17.4. The van der Waals surface area contributed by atoms with Gasteiger partial charge in [0.05, 0.1) is 17.6 Å². The highest BCUT2D eigenvalue weighted by atomic mass is 19.1. The van der Waals surface area contributed by atoms with E-state index in [1.165, 1.54) is 6.08 Å². The lowest BCUT2D eigenvalue weighted by atomic mass is 10.0. The van der Waals surface area contributed by atoms with Crippen LogP contribution >= 0.6 is 0 Å². The first-order valence-corrected chi connectivity index (χ1v) is 9.78. The molecule has 6 heteroatoms. The zero-order chi connectivity index (χ0) is 21.6. The summed E-state index contributed by atoms with van der Waals surface area (Å²) in [5.41, 5.74) is 0.985. The highest BCUT2D eigenvalue weighted by molar-refractivity contribution is 5.87. The van der Waals surface area contributed by atoms with Crippen molar-refractivity contribution in [2.75, 3.05) is 0 Å². The molecule has 1 aromatic carbocycles. The van der Waals surface area contributed by atoms with Gasteiger partial charge in [0.2, 0.25) is 5.83 Å². The molecule has 0 aliphatic heterocycles. The Morgan fingerprint density at radius 1 is 1.31 bits per heavy atom. The molecule has 0 radical (unpaired) electrons. The number of esters is 2. The molecule has 154 valence electrons. The maximum Gasteiger partial charge on any atom is 0.367 e. The van der Waals surface area contributed by atoms with Crippen molar-refractivity contribution >= 4 is 11.9 Å². The van der Waals surface area contributed by atoms with E-state index in [1.54, 1.807) is 26.8 Å². The number of carbonyl (C=O) groups excluding carboxylic acids is 2. The molecule has 1 aromatic rings. The Morgan fingerprint density at radius 2 is 2.00 bits per heavy atom. The van der Waals surface area contributed by atoms with Crippen LogP contribution in [0.3, 0.4) is 0 Å². The second-order valence-electron chi connectivity index (χ2n) is 9.30. The molecular weight excluding hydrogens is 373 g/mol. The van der Waals surface area contributed by atoms with Gasteiger partial charge in [0.1, 0.15) is 11.7 Å². The third kappa shape index (κ3) is 4.19. The van der Waals surface area contributed by atoms with Gasteiger partial charge >= 0.3 is 11.9 Å². The highest BCUT2D eigenvalue weighted by Crippen LogP contribution is 2.60. The predicted molar refractivity (Wildman–Crippen MR) is 104 cm³/mol. The zero-order valence-corrected chi connectivity index (χ0v) is 17.4. The summed E-state index contributed by atoms with van der Waals surface area (Å²) < 4.78 is 25.1. The Labute approximate surface area is 170 Å². The average Bonchev–Trinajstić information content (AvgIpc) is 2.95. The number of halogens is 1. The standard InChI is InChI=1S/C23H26FNO4/c1-22(2,3)29-20(26)16(24)11-15-19(23(15,4)5)21(27)28-17-10-9-13-7-6-8-14(12-25)18(13)17/h6-8,11,15,17,19H,9-10H2,1-5H3/t15-,17?,19-/m0/s1. The normalized spacial score (nSPS) is 25.0. The van der Waals surface area contributed by atoms with Gasteiger partial charge in [-0.1, -0.05) is 26.0 Å². The lowest BCUT2D eigenvalue weighted by Crippen LogP contribution is -2.24. The Morgan fingerprint density at radius 3 is 2.62 bits per heavy atom. The Hall–Kier alpha value is -2.68. The second-order valence-corrected chi connectivity index (χ2v) is 9.30. The van der Waals surface area contributed by atoms with E-state index in [0.29, 0.717) is 12.0 Å². The molecule has 5 nitrogen and oxygen atoms in total. The molecule has 0 aromatic heterocycles. The van der Waals surface area contributed by atoms with Crippen LogP contribution in [-0.2, 0) is 25.5 Å². The predicted octanol–water partition coefficient (Wildman–Crippen LogP) is 4.56. The first kappa shape index (κ1) is 21.0. The largest absolute Gasteiger partial charge is 0.457 e. The lowest BCUT2D eigenvalue weighted by Gasteiger charge is -2.18. The quantitative estimate of drug-likeness (QED) is 0.548. The van der Waals surface area contributed by atoms with E-state index in [2.05, 4.69) is 6.07 Å². The van der Waals surface area contributed by atoms with Crippen molar-refractivity contribution in [3.8, 4) is 6.07 Å². The number of rotatable bonds is 4. The Kier molecular flexibility index (Phi) is 5.29. The van der Waals surface area contributed by atoms with Crippen molar-refractivity contribution < 1.29 is 23.5 Å². The van der Waals surface area contributed by atoms with E-state index in [9.17, 15) is 19.2 Å². The molecule has 3 atom stereocenters. The van der Waals surface area contributed by atoms with Crippen LogP contribution in [0.25, 0.3) is 0 Å². The van der Waals surface area contributed by atoms with Crippen LogP contribution in [0, 0.1) is 28.6 Å². The van der Waals surface area contributed by atoms with E-state index in [4.69, 9.17) is 9.47 Å². The van der Waals surface area contributed by atoms with Gasteiger partial charge in [-0.25, -0.2) is 4.79 Å². The summed E-state index contributed by atoms with van der Waals surface area (Å²) >= 11 is 0. The van der Waals surface area contributed by atoms with Gasteiger partial charge in [0.25, 0.3) is 0 Å². The molecule has 1 fully saturated rings. The van der Waals surface area contributed by atoms with Crippen molar-refractivity contribution in [3.05, 3.63) is 46.8 Å². The second kappa shape index (κ2) is 7.29. The summed E-state index contributed by atoms with van der Waals surface area (Å²) in [4.78, 5) is 24.7. The summed E-state index contributed by atoms with van der Waals surface area (Å²) in [6.45, 7) is 8.66. The molecule has 0 amide bonds. The maximum absolute atomic E-state index is 14.3. The molecule has 0 saturated heterocycles. The molecular formula is C23H26FNO4. The van der Waals surface area contributed by atoms with Crippen molar-refractivity contribution in [1.29, 1.82) is 5.26 Å². The van der Waals surface area contributed by atoms with Gasteiger partial charge in [-0.3, -0.25) is 4.79 Å². The number of nitriles is 1. The number of fused-ring (bicyclic) bond motifs is 1. The summed E-state index contributed by atoms with van der Waals surface area (Å²) in [6.07, 6.45) is 2.07. The van der Waals surface area contributed by atoms with Gasteiger partial charge in [-0.15, -0.1) is 0 Å². The number of nitrogens with zero attached hydrogens (tertiary/aromatic N) is 1. The van der Waals surface area contributed by atoms with Crippen molar-refractivity contribution in [2.45, 2.75) is 59.2 Å². The van der Waals surface area contributed by atoms with Crippen molar-refractivity contribution in [1.82, 2.24) is 0 Å². The fraction of sp³-hybridized carbons (Fsp3) is 0.522. The van der Waals surface area contributed by atoms with E-state index < -0.39 is 46.7 Å². The van der Waals surface area contributed by atoms with Gasteiger partial charge in [0, 0.05) is 5.56 Å². The summed E-state index contributed by atoms with van der Waals surface area (Å²) in [5, 5.41) is 9.35. The third-order valence-corrected chi connectivity index (χ3v) is 5.66. The first-order valence-electron chi connectivity index (χ1n) is 9.78. The number of hydrogen-bond acceptors (Lipinski definition) is 5. The molecule has 1 saturated carbocycles. The van der Waals surface area contributed by atoms with Gasteiger partial charge in [0.15, 0.2) is 0 Å². The van der Waals surface area contributed by atoms with E-state index in [1.807, 2.05) is 26.0 Å². The van der Waals surface area contributed by atoms with Crippen LogP contribution in [0.15, 0.2) is 30.1 Å². The molecule has 1 unspecified atom stereocenters. The van der Waals surface area contributed by atoms with Crippen molar-refractivity contribution in [3.63, 3.8) is 0 Å². The molecule has 0 N–H and O–H groups in total. The molecule has 0 spiro atoms. The summed E-state index contributed by atoms with van der Waals surface area (Å²) in [6, 6.07) is 7.63. The van der Waals surface area contributed by atoms with Gasteiger partial charge < -0.3 is 9.47 Å². The number of ether oxygens (including phenoxy) is 2. The van der Waals surface area contributed by atoms with Crippen LogP contribution < -0.4 is 0 Å². The van der Waals surface area contributed by atoms with Crippen LogP contribution in [0.2, 0.25) is 0 Å². The van der Waals surface area contributed by atoms with Crippen LogP contribution in [0.1, 0.15) is 63.8 Å². The van der Waals surface area contributed by atoms with E-state index in [0.717, 1.165) is 17.5 Å². The van der Waals surface area contributed by atoms with E-state index >= 15 is 0 Å². The van der Waals surface area contributed by atoms with Crippen LogP contribution in [0.5, 0.6) is 0 Å². The molecule has 2 aliphatic rings. The average molecular weight is 399 g/mol. The molecule has 2 aliphatic carbocycles. The molecule has 3 rings (SSSR count). The minimum atomic E-state index is -1.03. The summed E-state index contributed by atoms with van der Waals surface area (Å²) in [5.74, 6) is -3.45. The SMILES string of the molecule is CC(C)(C)OC(=O)C(F)=C[C@H]1[C@@H](C(=O)OC2CCc3cccc(C#N)c32)C1(C)C. The monoisotopic (exact) mass is 399 g/mol. The van der Waals surface area contributed by atoms with Crippen molar-refractivity contribution in [2.24, 2.45) is 17.3 Å². The third-order valence-electron chi connectivity index (χ3n) is 5.66. The fourth-order valence-corrected chi connectivity index (χ4v) is 4.06. The number of aryl methyl sites for hydroxylation is 1. The fourth-order valence-electron chi connectivity index (χ4n) is 4.06. The smallest absolute Gasteiger partial charge is 0.367 e. The maximum atomic E-state index is 14.3. The molecule has 29 heavy (non-hydrogen) atoms. The van der Waals surface area contributed by atoms with Gasteiger partial charge in [-0.2, -0.15) is 9.65 Å². The Balaban J connectivity index is 1.71. The minimum absolute atomic E-state index is 0.432. The highest BCUT2D eigenvalue weighted by Gasteiger charge is 2.62. The number of carbonyl (C=O) groups is 2. The van der Waals surface area contributed by atoms with E-state index in [-0.39, 0.29) is 0 Å². The lowest BCUT2D eigenvalue weighted by molar-refractivity contribution is -0.153. The van der Waals surface area contributed by atoms with Crippen LogP contribution in [0.4, 0.5) is 4.39 Å². The first-order chi connectivity index (χ1) is 13.5.